The Labute approximate surface area is 138 Å². The predicted octanol–water partition coefficient (Wildman–Crippen LogP) is 4.32. The lowest BCUT2D eigenvalue weighted by atomic mass is 10.2. The third-order valence-electron chi connectivity index (χ3n) is 3.51. The molecule has 2 aromatic carbocycles. The largest absolute Gasteiger partial charge is 0.476 e. The zero-order valence-electron chi connectivity index (χ0n) is 13.4. The van der Waals surface area contributed by atoms with Crippen molar-refractivity contribution in [1.82, 2.24) is 9.78 Å². The van der Waals surface area contributed by atoms with Crippen molar-refractivity contribution in [3.05, 3.63) is 54.0 Å². The Morgan fingerprint density at radius 3 is 2.50 bits per heavy atom. The molecule has 3 aromatic rings. The van der Waals surface area contributed by atoms with Crippen LogP contribution in [0.15, 0.2) is 42.5 Å². The van der Waals surface area contributed by atoms with Crippen LogP contribution in [0, 0.1) is 11.7 Å². The molecular weight excluding hydrogens is 311 g/mol. The Morgan fingerprint density at radius 2 is 1.88 bits per heavy atom. The van der Waals surface area contributed by atoms with Crippen molar-refractivity contribution in [1.29, 1.82) is 0 Å². The number of fused-ring (bicyclic) bond motifs is 1. The van der Waals surface area contributed by atoms with Gasteiger partial charge in [-0.2, -0.15) is 5.10 Å². The number of aromatic carboxylic acids is 1. The van der Waals surface area contributed by atoms with Crippen molar-refractivity contribution in [2.75, 3.05) is 0 Å². The Kier molecular flexibility index (Phi) is 4.20. The van der Waals surface area contributed by atoms with Gasteiger partial charge >= 0.3 is 5.97 Å². The summed E-state index contributed by atoms with van der Waals surface area (Å²) >= 11 is 0. The lowest BCUT2D eigenvalue weighted by molar-refractivity contribution is 0.0691. The molecule has 6 heteroatoms. The number of ether oxygens (including phenoxy) is 1. The molecule has 0 aliphatic heterocycles. The van der Waals surface area contributed by atoms with E-state index in [1.807, 2.05) is 13.8 Å². The monoisotopic (exact) mass is 328 g/mol. The molecule has 0 saturated carbocycles. The maximum atomic E-state index is 13.0. The standard InChI is InChI=1S/C18H17FN2O3/c1-11(2)10-21-16-8-7-14(9-15(16)17(20-21)18(22)23)24-13-5-3-12(19)4-6-13/h3-9,11H,10H2,1-2H3,(H,22,23). The minimum atomic E-state index is -1.08. The van der Waals surface area contributed by atoms with Gasteiger partial charge in [-0.15, -0.1) is 0 Å². The zero-order chi connectivity index (χ0) is 17.3. The molecule has 0 saturated heterocycles. The van der Waals surface area contributed by atoms with Gasteiger partial charge in [0.25, 0.3) is 0 Å². The molecule has 0 fully saturated rings. The van der Waals surface area contributed by atoms with Gasteiger partial charge in [0.2, 0.25) is 0 Å². The van der Waals surface area contributed by atoms with Gasteiger partial charge in [-0.3, -0.25) is 4.68 Å². The quantitative estimate of drug-likeness (QED) is 0.757. The second-order valence-electron chi connectivity index (χ2n) is 5.96. The van der Waals surface area contributed by atoms with E-state index in [1.54, 1.807) is 22.9 Å². The number of hydrogen-bond donors (Lipinski definition) is 1. The first-order valence-corrected chi connectivity index (χ1v) is 7.61. The van der Waals surface area contributed by atoms with Crippen molar-refractivity contribution in [2.45, 2.75) is 20.4 Å². The molecule has 1 heterocycles. The van der Waals surface area contributed by atoms with Crippen molar-refractivity contribution < 1.29 is 19.0 Å². The summed E-state index contributed by atoms with van der Waals surface area (Å²) in [5, 5.41) is 14.1. The molecule has 5 nitrogen and oxygen atoms in total. The van der Waals surface area contributed by atoms with Gasteiger partial charge in [-0.05, 0) is 48.4 Å². The number of carbonyl (C=O) groups is 1. The number of hydrogen-bond acceptors (Lipinski definition) is 3. The van der Waals surface area contributed by atoms with Gasteiger partial charge in [-0.1, -0.05) is 13.8 Å². The summed E-state index contributed by atoms with van der Waals surface area (Å²) in [6.07, 6.45) is 0. The van der Waals surface area contributed by atoms with Gasteiger partial charge in [0.1, 0.15) is 17.3 Å². The highest BCUT2D eigenvalue weighted by Gasteiger charge is 2.17. The highest BCUT2D eigenvalue weighted by Crippen LogP contribution is 2.28. The molecule has 0 spiro atoms. The summed E-state index contributed by atoms with van der Waals surface area (Å²) in [6, 6.07) is 10.8. The molecule has 0 aliphatic rings. The number of carboxylic acids is 1. The summed E-state index contributed by atoms with van der Waals surface area (Å²) < 4.78 is 20.3. The number of halogens is 1. The van der Waals surface area contributed by atoms with E-state index in [1.165, 1.54) is 24.3 Å². The minimum absolute atomic E-state index is 0.00444. The van der Waals surface area contributed by atoms with E-state index in [0.29, 0.717) is 29.3 Å². The van der Waals surface area contributed by atoms with Gasteiger partial charge in [-0.25, -0.2) is 9.18 Å². The molecule has 0 amide bonds. The number of benzene rings is 2. The number of rotatable bonds is 5. The maximum absolute atomic E-state index is 13.0. The van der Waals surface area contributed by atoms with E-state index in [2.05, 4.69) is 5.10 Å². The molecule has 3 rings (SSSR count). The Morgan fingerprint density at radius 1 is 1.21 bits per heavy atom. The van der Waals surface area contributed by atoms with Gasteiger partial charge < -0.3 is 9.84 Å². The number of nitrogens with zero attached hydrogens (tertiary/aromatic N) is 2. The molecule has 24 heavy (non-hydrogen) atoms. The molecule has 0 unspecified atom stereocenters. The molecule has 0 radical (unpaired) electrons. The third kappa shape index (κ3) is 3.22. The lowest BCUT2D eigenvalue weighted by Crippen LogP contribution is -2.07. The van der Waals surface area contributed by atoms with Crippen LogP contribution in [-0.4, -0.2) is 20.9 Å². The van der Waals surface area contributed by atoms with E-state index in [-0.39, 0.29) is 11.5 Å². The van der Waals surface area contributed by atoms with Crippen LogP contribution in [0.4, 0.5) is 4.39 Å². The number of carboxylic acid groups (broad SMARTS) is 1. The summed E-state index contributed by atoms with van der Waals surface area (Å²) in [6.45, 7) is 4.71. The summed E-state index contributed by atoms with van der Waals surface area (Å²) in [7, 11) is 0. The van der Waals surface area contributed by atoms with Crippen molar-refractivity contribution in [2.24, 2.45) is 5.92 Å². The normalized spacial score (nSPS) is 11.2. The van der Waals surface area contributed by atoms with E-state index in [4.69, 9.17) is 4.74 Å². The van der Waals surface area contributed by atoms with E-state index < -0.39 is 5.97 Å². The van der Waals surface area contributed by atoms with E-state index >= 15 is 0 Å². The van der Waals surface area contributed by atoms with Crippen LogP contribution >= 0.6 is 0 Å². The molecule has 124 valence electrons. The highest BCUT2D eigenvalue weighted by molar-refractivity contribution is 6.01. The van der Waals surface area contributed by atoms with Crippen molar-refractivity contribution in [3.8, 4) is 11.5 Å². The average Bonchev–Trinajstić information content (AvgIpc) is 2.87. The van der Waals surface area contributed by atoms with Crippen LogP contribution in [0.1, 0.15) is 24.3 Å². The second-order valence-corrected chi connectivity index (χ2v) is 5.96. The van der Waals surface area contributed by atoms with E-state index in [9.17, 15) is 14.3 Å². The SMILES string of the molecule is CC(C)Cn1nc(C(=O)O)c2cc(Oc3ccc(F)cc3)ccc21. The summed E-state index contributed by atoms with van der Waals surface area (Å²) in [4.78, 5) is 11.5. The molecule has 0 atom stereocenters. The van der Waals surface area contributed by atoms with Crippen LogP contribution < -0.4 is 4.74 Å². The first-order chi connectivity index (χ1) is 11.4. The smallest absolute Gasteiger partial charge is 0.357 e. The van der Waals surface area contributed by atoms with Crippen molar-refractivity contribution >= 4 is 16.9 Å². The second kappa shape index (κ2) is 6.31. The Bertz CT molecular complexity index is 885. The first kappa shape index (κ1) is 16.0. The maximum Gasteiger partial charge on any atom is 0.357 e. The Hall–Kier alpha value is -2.89. The number of aromatic nitrogens is 2. The molecule has 0 bridgehead atoms. The predicted molar refractivity (Wildman–Crippen MR) is 88.0 cm³/mol. The van der Waals surface area contributed by atoms with Crippen LogP contribution in [-0.2, 0) is 6.54 Å². The van der Waals surface area contributed by atoms with Crippen molar-refractivity contribution in [3.63, 3.8) is 0 Å². The average molecular weight is 328 g/mol. The fraction of sp³-hybridized carbons (Fsp3) is 0.222. The summed E-state index contributed by atoms with van der Waals surface area (Å²) in [5.41, 5.74) is 0.739. The zero-order valence-corrected chi connectivity index (χ0v) is 13.4. The first-order valence-electron chi connectivity index (χ1n) is 7.61. The third-order valence-corrected chi connectivity index (χ3v) is 3.51. The Balaban J connectivity index is 2.01. The van der Waals surface area contributed by atoms with Crippen LogP contribution in [0.3, 0.4) is 0 Å². The topological polar surface area (TPSA) is 64.4 Å². The van der Waals surface area contributed by atoms with E-state index in [0.717, 1.165) is 5.52 Å². The van der Waals surface area contributed by atoms with Gasteiger partial charge in [0.05, 0.1) is 5.52 Å². The molecule has 0 aliphatic carbocycles. The van der Waals surface area contributed by atoms with Gasteiger partial charge in [0.15, 0.2) is 5.69 Å². The van der Waals surface area contributed by atoms with Crippen LogP contribution in [0.2, 0.25) is 0 Å². The summed E-state index contributed by atoms with van der Waals surface area (Å²) in [5.74, 6) is -0.143. The van der Waals surface area contributed by atoms with Crippen LogP contribution in [0.25, 0.3) is 10.9 Å². The van der Waals surface area contributed by atoms with Crippen LogP contribution in [0.5, 0.6) is 11.5 Å². The molecule has 1 N–H and O–H groups in total. The molecule has 1 aromatic heterocycles. The highest BCUT2D eigenvalue weighted by atomic mass is 19.1. The fourth-order valence-electron chi connectivity index (χ4n) is 2.50. The molecular formula is C18H17FN2O3. The minimum Gasteiger partial charge on any atom is -0.476 e. The lowest BCUT2D eigenvalue weighted by Gasteiger charge is -2.08. The fourth-order valence-corrected chi connectivity index (χ4v) is 2.50. The van der Waals surface area contributed by atoms with Gasteiger partial charge in [0, 0.05) is 11.9 Å².